The number of carbonyl (C=O) groups is 1. The third-order valence-electron chi connectivity index (χ3n) is 3.78. The molecule has 3 heterocycles. The molecule has 6 nitrogen and oxygen atoms in total. The molecule has 0 saturated carbocycles. The van der Waals surface area contributed by atoms with E-state index in [9.17, 15) is 4.79 Å². The Morgan fingerprint density at radius 1 is 1.00 bits per heavy atom. The van der Waals surface area contributed by atoms with Crippen molar-refractivity contribution in [3.8, 4) is 11.4 Å². The number of aryl methyl sites for hydroxylation is 1. The normalized spacial score (nSPS) is 10.8. The first-order valence-electron chi connectivity index (χ1n) is 7.83. The van der Waals surface area contributed by atoms with Crippen molar-refractivity contribution in [2.75, 3.05) is 5.32 Å². The van der Waals surface area contributed by atoms with Crippen LogP contribution in [0.1, 0.15) is 16.1 Å². The zero-order chi connectivity index (χ0) is 17.2. The van der Waals surface area contributed by atoms with Gasteiger partial charge in [0, 0.05) is 30.4 Å². The lowest BCUT2D eigenvalue weighted by molar-refractivity contribution is 0.102. The number of fused-ring (bicyclic) bond motifs is 1. The summed E-state index contributed by atoms with van der Waals surface area (Å²) in [6, 6.07) is 13.3. The van der Waals surface area contributed by atoms with Crippen molar-refractivity contribution in [2.45, 2.75) is 6.92 Å². The number of anilines is 1. The van der Waals surface area contributed by atoms with Gasteiger partial charge in [0.2, 0.25) is 0 Å². The maximum atomic E-state index is 12.4. The topological polar surface area (TPSA) is 72.2 Å². The molecule has 122 valence electrons. The summed E-state index contributed by atoms with van der Waals surface area (Å²) in [7, 11) is 0. The average Bonchev–Trinajstić information content (AvgIpc) is 3.02. The molecule has 1 amide bonds. The van der Waals surface area contributed by atoms with Crippen LogP contribution in [0.25, 0.3) is 17.0 Å². The zero-order valence-corrected chi connectivity index (χ0v) is 13.5. The number of amides is 1. The van der Waals surface area contributed by atoms with Crippen molar-refractivity contribution in [1.82, 2.24) is 19.4 Å². The molecule has 0 aliphatic heterocycles. The summed E-state index contributed by atoms with van der Waals surface area (Å²) < 4.78 is 1.87. The molecule has 25 heavy (non-hydrogen) atoms. The summed E-state index contributed by atoms with van der Waals surface area (Å²) in [4.78, 5) is 25.3. The number of carbonyl (C=O) groups excluding carboxylic acids is 1. The molecule has 4 rings (SSSR count). The van der Waals surface area contributed by atoms with Crippen LogP contribution < -0.4 is 5.32 Å². The highest BCUT2D eigenvalue weighted by molar-refractivity contribution is 6.03. The van der Waals surface area contributed by atoms with Crippen LogP contribution in [0, 0.1) is 6.92 Å². The number of imidazole rings is 1. The van der Waals surface area contributed by atoms with E-state index in [4.69, 9.17) is 0 Å². The summed E-state index contributed by atoms with van der Waals surface area (Å²) in [5.74, 6) is 0.336. The van der Waals surface area contributed by atoms with Gasteiger partial charge in [-0.1, -0.05) is 30.3 Å². The molecule has 0 unspecified atom stereocenters. The van der Waals surface area contributed by atoms with Gasteiger partial charge in [-0.2, -0.15) is 0 Å². The first-order chi connectivity index (χ1) is 12.2. The van der Waals surface area contributed by atoms with Gasteiger partial charge < -0.3 is 9.72 Å². The molecule has 6 heteroatoms. The van der Waals surface area contributed by atoms with E-state index in [0.29, 0.717) is 17.1 Å². The van der Waals surface area contributed by atoms with Gasteiger partial charge in [0.25, 0.3) is 5.91 Å². The molecule has 0 aliphatic carbocycles. The van der Waals surface area contributed by atoms with E-state index in [1.165, 1.54) is 12.4 Å². The van der Waals surface area contributed by atoms with E-state index in [-0.39, 0.29) is 5.91 Å². The maximum Gasteiger partial charge on any atom is 0.258 e. The number of aromatic nitrogens is 4. The average molecular weight is 329 g/mol. The van der Waals surface area contributed by atoms with Crippen LogP contribution >= 0.6 is 0 Å². The van der Waals surface area contributed by atoms with Crippen LogP contribution in [0.2, 0.25) is 0 Å². The third-order valence-corrected chi connectivity index (χ3v) is 3.78. The number of benzene rings is 1. The van der Waals surface area contributed by atoms with E-state index in [1.54, 1.807) is 0 Å². The molecule has 0 aliphatic rings. The zero-order valence-electron chi connectivity index (χ0n) is 13.5. The highest BCUT2D eigenvalue weighted by Gasteiger charge is 2.09. The molecule has 3 aromatic heterocycles. The van der Waals surface area contributed by atoms with E-state index in [0.717, 1.165) is 16.9 Å². The Hall–Kier alpha value is -3.54. The first kappa shape index (κ1) is 15.0. The van der Waals surface area contributed by atoms with Crippen LogP contribution in [0.5, 0.6) is 0 Å². The Labute approximate surface area is 144 Å². The second-order valence-corrected chi connectivity index (χ2v) is 5.68. The SMILES string of the molecule is Cc1cn2cc(NC(=O)c3cnc(-c4ccccc4)nc3)ccc2n1. The van der Waals surface area contributed by atoms with Gasteiger partial charge in [-0.25, -0.2) is 15.0 Å². The van der Waals surface area contributed by atoms with Crippen LogP contribution in [-0.2, 0) is 0 Å². The van der Waals surface area contributed by atoms with Crippen molar-refractivity contribution in [2.24, 2.45) is 0 Å². The Bertz CT molecular complexity index is 1040. The lowest BCUT2D eigenvalue weighted by Crippen LogP contribution is -2.13. The van der Waals surface area contributed by atoms with Crippen LogP contribution in [-0.4, -0.2) is 25.3 Å². The second-order valence-electron chi connectivity index (χ2n) is 5.68. The lowest BCUT2D eigenvalue weighted by Gasteiger charge is -2.06. The molecular weight excluding hydrogens is 314 g/mol. The van der Waals surface area contributed by atoms with Crippen LogP contribution in [0.3, 0.4) is 0 Å². The number of hydrogen-bond acceptors (Lipinski definition) is 4. The summed E-state index contributed by atoms with van der Waals surface area (Å²) in [6.07, 6.45) is 6.80. The van der Waals surface area contributed by atoms with Gasteiger partial charge in [0.05, 0.1) is 16.9 Å². The van der Waals surface area contributed by atoms with E-state index in [2.05, 4.69) is 20.3 Å². The lowest BCUT2D eigenvalue weighted by atomic mass is 10.2. The number of nitrogens with one attached hydrogen (secondary N) is 1. The second kappa shape index (κ2) is 6.16. The van der Waals surface area contributed by atoms with Gasteiger partial charge in [0.1, 0.15) is 5.65 Å². The van der Waals surface area contributed by atoms with E-state index >= 15 is 0 Å². The summed E-state index contributed by atoms with van der Waals surface area (Å²) in [6.45, 7) is 1.93. The van der Waals surface area contributed by atoms with Crippen molar-refractivity contribution >= 4 is 17.2 Å². The minimum Gasteiger partial charge on any atom is -0.321 e. The Kier molecular flexibility index (Phi) is 3.70. The predicted octanol–water partition coefficient (Wildman–Crippen LogP) is 3.35. The van der Waals surface area contributed by atoms with Crippen molar-refractivity contribution in [3.63, 3.8) is 0 Å². The Morgan fingerprint density at radius 3 is 2.52 bits per heavy atom. The maximum absolute atomic E-state index is 12.4. The highest BCUT2D eigenvalue weighted by atomic mass is 16.1. The quantitative estimate of drug-likeness (QED) is 0.625. The van der Waals surface area contributed by atoms with Gasteiger partial charge >= 0.3 is 0 Å². The molecule has 1 aromatic carbocycles. The Morgan fingerprint density at radius 2 is 1.76 bits per heavy atom. The molecule has 0 atom stereocenters. The van der Waals surface area contributed by atoms with Gasteiger partial charge in [0.15, 0.2) is 5.82 Å². The van der Waals surface area contributed by atoms with E-state index < -0.39 is 0 Å². The fourth-order valence-electron chi connectivity index (χ4n) is 2.58. The molecule has 0 bridgehead atoms. The molecule has 0 spiro atoms. The van der Waals surface area contributed by atoms with Crippen molar-refractivity contribution in [1.29, 1.82) is 0 Å². The smallest absolute Gasteiger partial charge is 0.258 e. The van der Waals surface area contributed by atoms with Gasteiger partial charge in [-0.3, -0.25) is 4.79 Å². The number of nitrogens with zero attached hydrogens (tertiary/aromatic N) is 4. The van der Waals surface area contributed by atoms with Crippen LogP contribution in [0.15, 0.2) is 67.3 Å². The summed E-state index contributed by atoms with van der Waals surface area (Å²) >= 11 is 0. The first-order valence-corrected chi connectivity index (χ1v) is 7.83. The molecule has 0 saturated heterocycles. The molecule has 4 aromatic rings. The molecule has 0 radical (unpaired) electrons. The highest BCUT2D eigenvalue weighted by Crippen LogP contribution is 2.15. The predicted molar refractivity (Wildman–Crippen MR) is 95.4 cm³/mol. The minimum atomic E-state index is -0.254. The van der Waals surface area contributed by atoms with E-state index in [1.807, 2.05) is 66.2 Å². The number of rotatable bonds is 3. The largest absolute Gasteiger partial charge is 0.321 e. The standard InChI is InChI=1S/C19H15N5O/c1-13-11-24-12-16(7-8-17(24)22-13)23-19(25)15-9-20-18(21-10-15)14-5-3-2-4-6-14/h2-12H,1H3,(H,23,25). The van der Waals surface area contributed by atoms with Gasteiger partial charge in [-0.05, 0) is 19.1 Å². The molecule has 1 N–H and O–H groups in total. The fraction of sp³-hybridized carbons (Fsp3) is 0.0526. The van der Waals surface area contributed by atoms with Crippen molar-refractivity contribution < 1.29 is 4.79 Å². The minimum absolute atomic E-state index is 0.254. The fourth-order valence-corrected chi connectivity index (χ4v) is 2.58. The van der Waals surface area contributed by atoms with Crippen molar-refractivity contribution in [3.05, 3.63) is 78.5 Å². The Balaban J connectivity index is 1.53. The number of pyridine rings is 1. The van der Waals surface area contributed by atoms with Crippen LogP contribution in [0.4, 0.5) is 5.69 Å². The summed E-state index contributed by atoms with van der Waals surface area (Å²) in [5.41, 5.74) is 3.76. The summed E-state index contributed by atoms with van der Waals surface area (Å²) in [5, 5.41) is 2.85. The third kappa shape index (κ3) is 3.10. The molecular formula is C19H15N5O. The number of hydrogen-bond donors (Lipinski definition) is 1. The van der Waals surface area contributed by atoms with Gasteiger partial charge in [-0.15, -0.1) is 0 Å². The molecule has 0 fully saturated rings. The monoisotopic (exact) mass is 329 g/mol.